The van der Waals surface area contributed by atoms with E-state index in [2.05, 4.69) is 24.0 Å². The van der Waals surface area contributed by atoms with Crippen LogP contribution in [0.4, 0.5) is 0 Å². The average molecular weight is 285 g/mol. The van der Waals surface area contributed by atoms with Crippen molar-refractivity contribution >= 4 is 17.0 Å². The number of hydrogen-bond acceptors (Lipinski definition) is 4. The summed E-state index contributed by atoms with van der Waals surface area (Å²) < 4.78 is 7.19. The topological polar surface area (TPSA) is 81.1 Å². The standard InChI is InChI=1S/C15H15N3O3/c1-9(2)14-17-12-7-10(15(19)20)3-4-13(12)18(14)8-11-5-6-16-21-11/h3-7,9H,8H2,1-2H3,(H,19,20). The van der Waals surface area contributed by atoms with E-state index in [1.807, 2.05) is 10.6 Å². The lowest BCUT2D eigenvalue weighted by molar-refractivity contribution is 0.0697. The molecule has 0 bridgehead atoms. The van der Waals surface area contributed by atoms with Gasteiger partial charge in [0, 0.05) is 12.0 Å². The smallest absolute Gasteiger partial charge is 0.335 e. The van der Waals surface area contributed by atoms with E-state index in [0.717, 1.165) is 17.1 Å². The molecule has 0 spiro atoms. The molecule has 108 valence electrons. The van der Waals surface area contributed by atoms with Crippen molar-refractivity contribution in [3.8, 4) is 0 Å². The van der Waals surface area contributed by atoms with E-state index < -0.39 is 5.97 Å². The first-order chi connectivity index (χ1) is 10.1. The van der Waals surface area contributed by atoms with Crippen LogP contribution in [0.3, 0.4) is 0 Å². The molecular weight excluding hydrogens is 270 g/mol. The van der Waals surface area contributed by atoms with Gasteiger partial charge in [-0.1, -0.05) is 19.0 Å². The molecular formula is C15H15N3O3. The van der Waals surface area contributed by atoms with E-state index >= 15 is 0 Å². The molecule has 0 aliphatic carbocycles. The molecule has 6 heteroatoms. The zero-order valence-electron chi connectivity index (χ0n) is 11.8. The van der Waals surface area contributed by atoms with Crippen LogP contribution in [0.25, 0.3) is 11.0 Å². The van der Waals surface area contributed by atoms with Crippen LogP contribution >= 0.6 is 0 Å². The van der Waals surface area contributed by atoms with Gasteiger partial charge in [0.05, 0.1) is 29.3 Å². The summed E-state index contributed by atoms with van der Waals surface area (Å²) in [4.78, 5) is 15.6. The van der Waals surface area contributed by atoms with Crippen molar-refractivity contribution in [3.05, 3.63) is 47.6 Å². The fourth-order valence-corrected chi connectivity index (χ4v) is 2.37. The summed E-state index contributed by atoms with van der Waals surface area (Å²) >= 11 is 0. The number of carbonyl (C=O) groups is 1. The fraction of sp³-hybridized carbons (Fsp3) is 0.267. The number of nitrogens with zero attached hydrogens (tertiary/aromatic N) is 3. The first kappa shape index (κ1) is 13.4. The minimum Gasteiger partial charge on any atom is -0.478 e. The molecule has 3 rings (SSSR count). The lowest BCUT2D eigenvalue weighted by Gasteiger charge is -2.09. The minimum absolute atomic E-state index is 0.216. The Morgan fingerprint density at radius 2 is 2.19 bits per heavy atom. The predicted octanol–water partition coefficient (Wildman–Crippen LogP) is 2.89. The van der Waals surface area contributed by atoms with E-state index in [9.17, 15) is 4.79 Å². The third-order valence-corrected chi connectivity index (χ3v) is 3.35. The van der Waals surface area contributed by atoms with Crippen LogP contribution in [0.5, 0.6) is 0 Å². The van der Waals surface area contributed by atoms with Crippen LogP contribution in [0.1, 0.15) is 41.7 Å². The lowest BCUT2D eigenvalue weighted by Crippen LogP contribution is -2.06. The first-order valence-corrected chi connectivity index (χ1v) is 6.69. The summed E-state index contributed by atoms with van der Waals surface area (Å²) in [6.07, 6.45) is 1.60. The number of imidazole rings is 1. The van der Waals surface area contributed by atoms with Gasteiger partial charge in [0.25, 0.3) is 0 Å². The highest BCUT2D eigenvalue weighted by atomic mass is 16.5. The van der Waals surface area contributed by atoms with Crippen molar-refractivity contribution < 1.29 is 14.4 Å². The number of aromatic nitrogens is 3. The molecule has 0 amide bonds. The second kappa shape index (κ2) is 5.05. The van der Waals surface area contributed by atoms with Crippen LogP contribution in [0.15, 0.2) is 35.0 Å². The molecule has 0 radical (unpaired) electrons. The predicted molar refractivity (Wildman–Crippen MR) is 76.4 cm³/mol. The molecule has 1 N–H and O–H groups in total. The van der Waals surface area contributed by atoms with Gasteiger partial charge >= 0.3 is 5.97 Å². The van der Waals surface area contributed by atoms with Crippen LogP contribution in [-0.2, 0) is 6.54 Å². The Labute approximate surface area is 121 Å². The Morgan fingerprint density at radius 3 is 2.81 bits per heavy atom. The summed E-state index contributed by atoms with van der Waals surface area (Å²) in [5.74, 6) is 0.892. The van der Waals surface area contributed by atoms with Gasteiger partial charge in [0.15, 0.2) is 5.76 Å². The van der Waals surface area contributed by atoms with Crippen LogP contribution in [0, 0.1) is 0 Å². The zero-order chi connectivity index (χ0) is 15.0. The summed E-state index contributed by atoms with van der Waals surface area (Å²) in [6.45, 7) is 4.63. The maximum atomic E-state index is 11.1. The molecule has 0 unspecified atom stereocenters. The molecule has 0 aliphatic rings. The van der Waals surface area contributed by atoms with Crippen molar-refractivity contribution in [2.24, 2.45) is 0 Å². The third-order valence-electron chi connectivity index (χ3n) is 3.35. The highest BCUT2D eigenvalue weighted by Crippen LogP contribution is 2.24. The quantitative estimate of drug-likeness (QED) is 0.797. The average Bonchev–Trinajstić information content (AvgIpc) is 3.06. The summed E-state index contributed by atoms with van der Waals surface area (Å²) in [6, 6.07) is 6.78. The molecule has 3 aromatic rings. The Kier molecular flexibility index (Phi) is 3.21. The van der Waals surface area contributed by atoms with Crippen molar-refractivity contribution in [2.45, 2.75) is 26.3 Å². The molecule has 0 saturated heterocycles. The van der Waals surface area contributed by atoms with Crippen molar-refractivity contribution in [1.82, 2.24) is 14.7 Å². The van der Waals surface area contributed by atoms with Gasteiger partial charge in [0.1, 0.15) is 5.82 Å². The second-order valence-electron chi connectivity index (χ2n) is 5.20. The van der Waals surface area contributed by atoms with Crippen LogP contribution < -0.4 is 0 Å². The number of aromatic carboxylic acids is 1. The number of carboxylic acid groups (broad SMARTS) is 1. The Balaban J connectivity index is 2.15. The molecule has 0 atom stereocenters. The summed E-state index contributed by atoms with van der Waals surface area (Å²) in [5.41, 5.74) is 1.81. The van der Waals surface area contributed by atoms with E-state index in [-0.39, 0.29) is 11.5 Å². The summed E-state index contributed by atoms with van der Waals surface area (Å²) in [5, 5.41) is 12.8. The maximum Gasteiger partial charge on any atom is 0.335 e. The molecule has 2 heterocycles. The monoisotopic (exact) mass is 285 g/mol. The van der Waals surface area contributed by atoms with Gasteiger partial charge < -0.3 is 14.2 Å². The molecule has 6 nitrogen and oxygen atoms in total. The number of fused-ring (bicyclic) bond motifs is 1. The lowest BCUT2D eigenvalue weighted by atomic mass is 10.2. The highest BCUT2D eigenvalue weighted by molar-refractivity contribution is 5.92. The van der Waals surface area contributed by atoms with Gasteiger partial charge in [-0.25, -0.2) is 9.78 Å². The molecule has 0 fully saturated rings. The molecule has 21 heavy (non-hydrogen) atoms. The highest BCUT2D eigenvalue weighted by Gasteiger charge is 2.16. The van der Waals surface area contributed by atoms with Crippen LogP contribution in [-0.4, -0.2) is 25.8 Å². The number of carboxylic acids is 1. The normalized spacial score (nSPS) is 11.4. The Bertz CT molecular complexity index is 788. The first-order valence-electron chi connectivity index (χ1n) is 6.69. The van der Waals surface area contributed by atoms with E-state index in [4.69, 9.17) is 9.63 Å². The van der Waals surface area contributed by atoms with Gasteiger partial charge in [0.2, 0.25) is 0 Å². The molecule has 0 saturated carbocycles. The zero-order valence-corrected chi connectivity index (χ0v) is 11.8. The van der Waals surface area contributed by atoms with Crippen molar-refractivity contribution in [2.75, 3.05) is 0 Å². The van der Waals surface area contributed by atoms with E-state index in [1.54, 1.807) is 24.4 Å². The van der Waals surface area contributed by atoms with Gasteiger partial charge in [-0.15, -0.1) is 0 Å². The SMILES string of the molecule is CC(C)c1nc2cc(C(=O)O)ccc2n1Cc1ccno1. The van der Waals surface area contributed by atoms with Gasteiger partial charge in [-0.2, -0.15) is 0 Å². The van der Waals surface area contributed by atoms with E-state index in [0.29, 0.717) is 12.1 Å². The number of rotatable bonds is 4. The maximum absolute atomic E-state index is 11.1. The van der Waals surface area contributed by atoms with E-state index in [1.165, 1.54) is 0 Å². The van der Waals surface area contributed by atoms with Crippen LogP contribution in [0.2, 0.25) is 0 Å². The van der Waals surface area contributed by atoms with Crippen molar-refractivity contribution in [3.63, 3.8) is 0 Å². The Morgan fingerprint density at radius 1 is 1.38 bits per heavy atom. The number of hydrogen-bond donors (Lipinski definition) is 1. The largest absolute Gasteiger partial charge is 0.478 e. The number of benzene rings is 1. The minimum atomic E-state index is -0.951. The molecule has 1 aromatic carbocycles. The second-order valence-corrected chi connectivity index (χ2v) is 5.20. The fourth-order valence-electron chi connectivity index (χ4n) is 2.37. The molecule has 2 aromatic heterocycles. The van der Waals surface area contributed by atoms with Gasteiger partial charge in [-0.05, 0) is 18.2 Å². The molecule has 0 aliphatic heterocycles. The third kappa shape index (κ3) is 2.40. The summed E-state index contributed by atoms with van der Waals surface area (Å²) in [7, 11) is 0. The van der Waals surface area contributed by atoms with Gasteiger partial charge in [-0.3, -0.25) is 0 Å². The Hall–Kier alpha value is -2.63. The van der Waals surface area contributed by atoms with Crippen molar-refractivity contribution in [1.29, 1.82) is 0 Å².